The molecule has 0 saturated carbocycles. The van der Waals surface area contributed by atoms with Gasteiger partial charge in [-0.25, -0.2) is 9.67 Å². The molecule has 0 aliphatic carbocycles. The van der Waals surface area contributed by atoms with Crippen LogP contribution in [0.4, 0.5) is 5.69 Å². The number of amides is 1. The van der Waals surface area contributed by atoms with Crippen molar-refractivity contribution in [2.45, 2.75) is 19.9 Å². The highest BCUT2D eigenvalue weighted by Crippen LogP contribution is 2.27. The molecule has 2 aromatic heterocycles. The number of carbonyl (C=O) groups is 1. The van der Waals surface area contributed by atoms with Crippen molar-refractivity contribution in [1.29, 1.82) is 0 Å². The number of pyridine rings is 1. The molecule has 4 aromatic rings. The first-order valence-corrected chi connectivity index (χ1v) is 9.46. The quantitative estimate of drug-likeness (QED) is 0.527. The summed E-state index contributed by atoms with van der Waals surface area (Å²) in [5, 5.41) is 8.14. The van der Waals surface area contributed by atoms with E-state index in [1.165, 1.54) is 0 Å². The minimum atomic E-state index is -0.217. The molecule has 0 spiro atoms. The van der Waals surface area contributed by atoms with Gasteiger partial charge in [-0.2, -0.15) is 5.10 Å². The molecule has 0 aliphatic rings. The standard InChI is InChI=1S/C23H22N4O2/c1-15(2)27-22-20(14-24-27)19(13-21(26-22)16-8-5-4-6-9-16)23(28)25-17-10-7-11-18(12-17)29-3/h4-15H,1-3H3,(H,25,28). The molecule has 146 valence electrons. The molecule has 0 atom stereocenters. The summed E-state index contributed by atoms with van der Waals surface area (Å²) in [5.41, 5.74) is 3.56. The van der Waals surface area contributed by atoms with Crippen LogP contribution in [0.3, 0.4) is 0 Å². The third-order valence-electron chi connectivity index (χ3n) is 4.70. The first-order chi connectivity index (χ1) is 14.1. The average molecular weight is 386 g/mol. The summed E-state index contributed by atoms with van der Waals surface area (Å²) < 4.78 is 7.08. The average Bonchev–Trinajstić information content (AvgIpc) is 3.18. The van der Waals surface area contributed by atoms with Crippen molar-refractivity contribution in [2.24, 2.45) is 0 Å². The van der Waals surface area contributed by atoms with Crippen LogP contribution < -0.4 is 10.1 Å². The van der Waals surface area contributed by atoms with Gasteiger partial charge in [0.15, 0.2) is 5.65 Å². The summed E-state index contributed by atoms with van der Waals surface area (Å²) in [7, 11) is 1.60. The number of fused-ring (bicyclic) bond motifs is 1. The van der Waals surface area contributed by atoms with Crippen molar-refractivity contribution in [3.63, 3.8) is 0 Å². The molecule has 0 unspecified atom stereocenters. The molecule has 0 fully saturated rings. The fourth-order valence-electron chi connectivity index (χ4n) is 3.24. The van der Waals surface area contributed by atoms with Crippen molar-refractivity contribution in [3.8, 4) is 17.0 Å². The van der Waals surface area contributed by atoms with Gasteiger partial charge in [-0.05, 0) is 32.0 Å². The van der Waals surface area contributed by atoms with Crippen molar-refractivity contribution in [1.82, 2.24) is 14.8 Å². The van der Waals surface area contributed by atoms with E-state index in [4.69, 9.17) is 9.72 Å². The lowest BCUT2D eigenvalue weighted by Gasteiger charge is -2.11. The van der Waals surface area contributed by atoms with E-state index in [-0.39, 0.29) is 11.9 Å². The zero-order valence-electron chi connectivity index (χ0n) is 16.6. The molecule has 0 bridgehead atoms. The minimum absolute atomic E-state index is 0.125. The predicted octanol–water partition coefficient (Wildman–Crippen LogP) is 4.94. The topological polar surface area (TPSA) is 69.0 Å². The maximum atomic E-state index is 13.2. The Balaban J connectivity index is 1.82. The third-order valence-corrected chi connectivity index (χ3v) is 4.70. The second kappa shape index (κ2) is 7.75. The normalized spacial score (nSPS) is 11.0. The predicted molar refractivity (Wildman–Crippen MR) is 114 cm³/mol. The lowest BCUT2D eigenvalue weighted by molar-refractivity contribution is 0.102. The highest BCUT2D eigenvalue weighted by atomic mass is 16.5. The van der Waals surface area contributed by atoms with Gasteiger partial charge in [0.05, 0.1) is 30.0 Å². The van der Waals surface area contributed by atoms with Gasteiger partial charge in [-0.1, -0.05) is 36.4 Å². The van der Waals surface area contributed by atoms with Gasteiger partial charge in [0, 0.05) is 23.4 Å². The first kappa shape index (κ1) is 18.7. The van der Waals surface area contributed by atoms with E-state index < -0.39 is 0 Å². The molecule has 6 nitrogen and oxygen atoms in total. The maximum Gasteiger partial charge on any atom is 0.256 e. The monoisotopic (exact) mass is 386 g/mol. The third kappa shape index (κ3) is 3.69. The summed E-state index contributed by atoms with van der Waals surface area (Å²) in [6.45, 7) is 4.08. The number of hydrogen-bond donors (Lipinski definition) is 1. The van der Waals surface area contributed by atoms with E-state index in [2.05, 4.69) is 10.4 Å². The Kier molecular flexibility index (Phi) is 4.99. The van der Waals surface area contributed by atoms with Gasteiger partial charge in [-0.3, -0.25) is 4.79 Å². The van der Waals surface area contributed by atoms with E-state index in [9.17, 15) is 4.79 Å². The van der Waals surface area contributed by atoms with Crippen LogP contribution in [0.15, 0.2) is 66.9 Å². The summed E-state index contributed by atoms with van der Waals surface area (Å²) in [5.74, 6) is 0.464. The lowest BCUT2D eigenvalue weighted by Crippen LogP contribution is -2.13. The lowest BCUT2D eigenvalue weighted by atomic mass is 10.1. The van der Waals surface area contributed by atoms with Crippen LogP contribution in [0.5, 0.6) is 5.75 Å². The van der Waals surface area contributed by atoms with Crippen LogP contribution >= 0.6 is 0 Å². The Labute approximate surface area is 169 Å². The van der Waals surface area contributed by atoms with Gasteiger partial charge in [-0.15, -0.1) is 0 Å². The molecule has 0 saturated heterocycles. The minimum Gasteiger partial charge on any atom is -0.497 e. The summed E-state index contributed by atoms with van der Waals surface area (Å²) in [4.78, 5) is 18.0. The number of aromatic nitrogens is 3. The molecule has 0 aliphatic heterocycles. The molecule has 2 aromatic carbocycles. The molecule has 1 amide bonds. The number of benzene rings is 2. The highest BCUT2D eigenvalue weighted by molar-refractivity contribution is 6.12. The Morgan fingerprint density at radius 2 is 1.86 bits per heavy atom. The van der Waals surface area contributed by atoms with Gasteiger partial charge < -0.3 is 10.1 Å². The van der Waals surface area contributed by atoms with Crippen LogP contribution in [-0.2, 0) is 0 Å². The van der Waals surface area contributed by atoms with E-state index in [1.54, 1.807) is 19.4 Å². The van der Waals surface area contributed by atoms with E-state index in [0.717, 1.165) is 16.6 Å². The van der Waals surface area contributed by atoms with Crippen molar-refractivity contribution in [3.05, 3.63) is 72.4 Å². The Morgan fingerprint density at radius 3 is 2.59 bits per heavy atom. The zero-order valence-corrected chi connectivity index (χ0v) is 16.6. The zero-order chi connectivity index (χ0) is 20.4. The van der Waals surface area contributed by atoms with Crippen molar-refractivity contribution in [2.75, 3.05) is 12.4 Å². The number of anilines is 1. The van der Waals surface area contributed by atoms with E-state index >= 15 is 0 Å². The van der Waals surface area contributed by atoms with E-state index in [0.29, 0.717) is 22.6 Å². The molecule has 29 heavy (non-hydrogen) atoms. The van der Waals surface area contributed by atoms with Crippen molar-refractivity contribution >= 4 is 22.6 Å². The molecule has 4 rings (SSSR count). The smallest absolute Gasteiger partial charge is 0.256 e. The fourth-order valence-corrected chi connectivity index (χ4v) is 3.24. The van der Waals surface area contributed by atoms with Crippen LogP contribution in [-0.4, -0.2) is 27.8 Å². The van der Waals surface area contributed by atoms with Gasteiger partial charge in [0.1, 0.15) is 5.75 Å². The Morgan fingerprint density at radius 1 is 1.07 bits per heavy atom. The molecular formula is C23H22N4O2. The number of rotatable bonds is 5. The number of nitrogens with zero attached hydrogens (tertiary/aromatic N) is 3. The second-order valence-electron chi connectivity index (χ2n) is 7.03. The molecule has 2 heterocycles. The Bertz CT molecular complexity index is 1170. The number of nitrogens with one attached hydrogen (secondary N) is 1. The highest BCUT2D eigenvalue weighted by Gasteiger charge is 2.18. The van der Waals surface area contributed by atoms with E-state index in [1.807, 2.05) is 73.1 Å². The summed E-state index contributed by atoms with van der Waals surface area (Å²) >= 11 is 0. The second-order valence-corrected chi connectivity index (χ2v) is 7.03. The SMILES string of the molecule is COc1cccc(NC(=O)c2cc(-c3ccccc3)nc3c2cnn3C(C)C)c1. The Hall–Kier alpha value is -3.67. The van der Waals surface area contributed by atoms with Crippen LogP contribution in [0.2, 0.25) is 0 Å². The van der Waals surface area contributed by atoms with Crippen molar-refractivity contribution < 1.29 is 9.53 Å². The number of methoxy groups -OCH3 is 1. The van der Waals surface area contributed by atoms with Gasteiger partial charge in [0.2, 0.25) is 0 Å². The van der Waals surface area contributed by atoms with Crippen LogP contribution in [0, 0.1) is 0 Å². The fraction of sp³-hybridized carbons (Fsp3) is 0.174. The van der Waals surface area contributed by atoms with Crippen LogP contribution in [0.25, 0.3) is 22.3 Å². The maximum absolute atomic E-state index is 13.2. The molecular weight excluding hydrogens is 364 g/mol. The molecule has 0 radical (unpaired) electrons. The molecule has 1 N–H and O–H groups in total. The van der Waals surface area contributed by atoms with Gasteiger partial charge in [0.25, 0.3) is 5.91 Å². The number of carbonyl (C=O) groups excluding carboxylic acids is 1. The number of hydrogen-bond acceptors (Lipinski definition) is 4. The summed E-state index contributed by atoms with van der Waals surface area (Å²) in [6.07, 6.45) is 1.71. The summed E-state index contributed by atoms with van der Waals surface area (Å²) in [6, 6.07) is 19.1. The number of ether oxygens (including phenoxy) is 1. The largest absolute Gasteiger partial charge is 0.497 e. The molecule has 6 heteroatoms. The van der Waals surface area contributed by atoms with Crippen LogP contribution in [0.1, 0.15) is 30.2 Å². The first-order valence-electron chi connectivity index (χ1n) is 9.46. The van der Waals surface area contributed by atoms with Gasteiger partial charge >= 0.3 is 0 Å².